The van der Waals surface area contributed by atoms with E-state index in [1.165, 1.54) is 0 Å². The van der Waals surface area contributed by atoms with E-state index in [9.17, 15) is 0 Å². The van der Waals surface area contributed by atoms with E-state index in [4.69, 9.17) is 9.47 Å². The van der Waals surface area contributed by atoms with Crippen LogP contribution in [0.1, 0.15) is 47.1 Å². The average Bonchev–Trinajstić information content (AvgIpc) is 2.12. The van der Waals surface area contributed by atoms with Gasteiger partial charge in [-0.05, 0) is 53.7 Å². The van der Waals surface area contributed by atoms with Crippen molar-refractivity contribution in [3.8, 4) is 11.5 Å². The summed E-state index contributed by atoms with van der Waals surface area (Å²) in [6, 6.07) is 5.93. The van der Waals surface area contributed by atoms with Gasteiger partial charge in [0.2, 0.25) is 0 Å². The largest absolute Gasteiger partial charge is 0.488 e. The molecule has 1 aromatic carbocycles. The van der Waals surface area contributed by atoms with Crippen molar-refractivity contribution in [3.05, 3.63) is 23.8 Å². The van der Waals surface area contributed by atoms with Gasteiger partial charge < -0.3 is 9.47 Å². The van der Waals surface area contributed by atoms with Gasteiger partial charge in [-0.2, -0.15) is 0 Å². The Morgan fingerprint density at radius 3 is 1.56 bits per heavy atom. The van der Waals surface area contributed by atoms with Gasteiger partial charge in [-0.1, -0.05) is 22.0 Å². The topological polar surface area (TPSA) is 18.5 Å². The van der Waals surface area contributed by atoms with Crippen LogP contribution in [-0.2, 0) is 5.33 Å². The van der Waals surface area contributed by atoms with Crippen molar-refractivity contribution in [2.24, 2.45) is 0 Å². The highest BCUT2D eigenvalue weighted by atomic mass is 79.9. The van der Waals surface area contributed by atoms with Crippen molar-refractivity contribution >= 4 is 15.9 Å². The van der Waals surface area contributed by atoms with E-state index in [0.717, 1.165) is 17.1 Å². The number of halogens is 1. The van der Waals surface area contributed by atoms with E-state index in [1.54, 1.807) is 0 Å². The first-order chi connectivity index (χ1) is 8.12. The molecule has 0 aliphatic heterocycles. The molecule has 1 aromatic rings. The normalized spacial score (nSPS) is 12.4. The third kappa shape index (κ3) is 4.89. The summed E-state index contributed by atoms with van der Waals surface area (Å²) in [6.07, 6.45) is 0. The van der Waals surface area contributed by atoms with Gasteiger partial charge in [0, 0.05) is 10.9 Å². The summed E-state index contributed by atoms with van der Waals surface area (Å²) < 4.78 is 11.9. The first kappa shape index (κ1) is 15.4. The molecule has 3 heteroatoms. The molecule has 0 saturated heterocycles. The number of hydrogen-bond acceptors (Lipinski definition) is 2. The van der Waals surface area contributed by atoms with E-state index in [1.807, 2.05) is 59.7 Å². The van der Waals surface area contributed by atoms with E-state index in [-0.39, 0.29) is 11.2 Å². The summed E-state index contributed by atoms with van der Waals surface area (Å²) in [5.74, 6) is 1.75. The molecule has 0 unspecified atom stereocenters. The fourth-order valence-corrected chi connectivity index (χ4v) is 2.08. The molecule has 102 valence electrons. The van der Waals surface area contributed by atoms with Gasteiger partial charge in [-0.3, -0.25) is 0 Å². The Morgan fingerprint density at radius 2 is 1.28 bits per heavy atom. The summed E-state index contributed by atoms with van der Waals surface area (Å²) in [5, 5.41) is 0.713. The number of rotatable bonds is 3. The number of benzene rings is 1. The molecular formula is C15H23BrO2. The third-order valence-corrected chi connectivity index (χ3v) is 2.62. The molecule has 0 heterocycles. The lowest BCUT2D eigenvalue weighted by molar-refractivity contribution is 0.119. The van der Waals surface area contributed by atoms with Gasteiger partial charge in [0.15, 0.2) is 0 Å². The lowest BCUT2D eigenvalue weighted by atomic mass is 10.1. The Hall–Kier alpha value is -0.700. The molecule has 0 saturated carbocycles. The zero-order valence-corrected chi connectivity index (χ0v) is 13.7. The van der Waals surface area contributed by atoms with Crippen LogP contribution in [0.25, 0.3) is 0 Å². The van der Waals surface area contributed by atoms with Crippen LogP contribution in [0.5, 0.6) is 11.5 Å². The maximum Gasteiger partial charge on any atom is 0.127 e. The Balaban J connectivity index is 3.10. The quantitative estimate of drug-likeness (QED) is 0.736. The van der Waals surface area contributed by atoms with Crippen molar-refractivity contribution in [2.45, 2.75) is 58.1 Å². The van der Waals surface area contributed by atoms with Crippen LogP contribution < -0.4 is 9.47 Å². The number of hydrogen-bond donors (Lipinski definition) is 0. The molecule has 0 fully saturated rings. The maximum absolute atomic E-state index is 5.97. The zero-order valence-electron chi connectivity index (χ0n) is 12.1. The van der Waals surface area contributed by atoms with Crippen molar-refractivity contribution in [1.29, 1.82) is 0 Å². The maximum atomic E-state index is 5.97. The lowest BCUT2D eigenvalue weighted by Gasteiger charge is -2.27. The van der Waals surface area contributed by atoms with Gasteiger partial charge in [-0.15, -0.1) is 0 Å². The molecule has 1 rings (SSSR count). The highest BCUT2D eigenvalue weighted by molar-refractivity contribution is 9.08. The first-order valence-electron chi connectivity index (χ1n) is 6.18. The third-order valence-electron chi connectivity index (χ3n) is 2.06. The van der Waals surface area contributed by atoms with Crippen LogP contribution in [-0.4, -0.2) is 11.2 Å². The van der Waals surface area contributed by atoms with Gasteiger partial charge in [0.05, 0.1) is 0 Å². The fraction of sp³-hybridized carbons (Fsp3) is 0.600. The summed E-state index contributed by atoms with van der Waals surface area (Å²) in [7, 11) is 0. The summed E-state index contributed by atoms with van der Waals surface area (Å²) in [5.41, 5.74) is 0.636. The van der Waals surface area contributed by atoms with Crippen LogP contribution in [0, 0.1) is 0 Å². The Bertz CT molecular complexity index is 366. The SMILES string of the molecule is CC(C)(C)Oc1cccc(OC(C)(C)C)c1CBr. The first-order valence-corrected chi connectivity index (χ1v) is 7.30. The highest BCUT2D eigenvalue weighted by Crippen LogP contribution is 2.34. The molecule has 0 aliphatic carbocycles. The molecule has 0 atom stereocenters. The smallest absolute Gasteiger partial charge is 0.127 e. The second-order valence-electron chi connectivity index (χ2n) is 6.30. The summed E-state index contributed by atoms with van der Waals surface area (Å²) in [4.78, 5) is 0. The van der Waals surface area contributed by atoms with Crippen molar-refractivity contribution in [2.75, 3.05) is 0 Å². The van der Waals surface area contributed by atoms with Crippen LogP contribution in [0.2, 0.25) is 0 Å². The number of alkyl halides is 1. The standard InChI is InChI=1S/C15H23BrO2/c1-14(2,3)17-12-8-7-9-13(11(12)10-16)18-15(4,5)6/h7-9H,10H2,1-6H3. The summed E-state index contributed by atoms with van der Waals surface area (Å²) in [6.45, 7) is 12.3. The fourth-order valence-electron chi connectivity index (χ4n) is 1.53. The molecule has 2 nitrogen and oxygen atoms in total. The molecule has 0 spiro atoms. The van der Waals surface area contributed by atoms with E-state index >= 15 is 0 Å². The summed E-state index contributed by atoms with van der Waals surface area (Å²) >= 11 is 3.51. The van der Waals surface area contributed by atoms with Gasteiger partial charge >= 0.3 is 0 Å². The predicted molar refractivity (Wildman–Crippen MR) is 79.8 cm³/mol. The highest BCUT2D eigenvalue weighted by Gasteiger charge is 2.19. The second-order valence-corrected chi connectivity index (χ2v) is 6.86. The second kappa shape index (κ2) is 5.52. The van der Waals surface area contributed by atoms with Gasteiger partial charge in [-0.25, -0.2) is 0 Å². The Kier molecular flexibility index (Phi) is 4.71. The molecule has 0 amide bonds. The van der Waals surface area contributed by atoms with Crippen molar-refractivity contribution < 1.29 is 9.47 Å². The van der Waals surface area contributed by atoms with Gasteiger partial charge in [0.25, 0.3) is 0 Å². The lowest BCUT2D eigenvalue weighted by Crippen LogP contribution is -2.25. The molecule has 0 radical (unpaired) electrons. The Morgan fingerprint density at radius 1 is 0.889 bits per heavy atom. The minimum Gasteiger partial charge on any atom is -0.488 e. The van der Waals surface area contributed by atoms with Crippen LogP contribution >= 0.6 is 15.9 Å². The predicted octanol–water partition coefficient (Wildman–Crippen LogP) is 4.94. The Labute approximate surface area is 119 Å². The molecule has 0 aromatic heterocycles. The molecule has 0 aliphatic rings. The average molecular weight is 315 g/mol. The van der Waals surface area contributed by atoms with E-state index < -0.39 is 0 Å². The molecule has 18 heavy (non-hydrogen) atoms. The minimum absolute atomic E-state index is 0.211. The van der Waals surface area contributed by atoms with Crippen LogP contribution in [0.3, 0.4) is 0 Å². The zero-order chi connectivity index (χ0) is 14.0. The van der Waals surface area contributed by atoms with Crippen LogP contribution in [0.4, 0.5) is 0 Å². The van der Waals surface area contributed by atoms with Crippen LogP contribution in [0.15, 0.2) is 18.2 Å². The molecule has 0 bridgehead atoms. The monoisotopic (exact) mass is 314 g/mol. The van der Waals surface area contributed by atoms with Crippen molar-refractivity contribution in [1.82, 2.24) is 0 Å². The molecule has 0 N–H and O–H groups in total. The van der Waals surface area contributed by atoms with Crippen molar-refractivity contribution in [3.63, 3.8) is 0 Å². The minimum atomic E-state index is -0.211. The number of ether oxygens (including phenoxy) is 2. The van der Waals surface area contributed by atoms with Gasteiger partial charge in [0.1, 0.15) is 22.7 Å². The molecular weight excluding hydrogens is 292 g/mol. The van der Waals surface area contributed by atoms with E-state index in [2.05, 4.69) is 15.9 Å². The van der Waals surface area contributed by atoms with E-state index in [0.29, 0.717) is 5.33 Å².